The highest BCUT2D eigenvalue weighted by Gasteiger charge is 2.14. The van der Waals surface area contributed by atoms with Crippen LogP contribution in [0.2, 0.25) is 5.28 Å². The smallest absolute Gasteiger partial charge is 0.243 e. The summed E-state index contributed by atoms with van der Waals surface area (Å²) < 4.78 is 25.3. The first kappa shape index (κ1) is 12.8. The van der Waals surface area contributed by atoms with Crippen LogP contribution in [0, 0.1) is 0 Å². The first-order chi connectivity index (χ1) is 7.42. The first-order valence-electron chi connectivity index (χ1n) is 4.17. The summed E-state index contributed by atoms with van der Waals surface area (Å²) >= 11 is 5.41. The number of rotatable bonds is 5. The molecule has 0 fully saturated rings. The number of primary amides is 1. The number of nitrogens with two attached hydrogens (primary N) is 1. The summed E-state index contributed by atoms with van der Waals surface area (Å²) in [4.78, 5) is 17.4. The van der Waals surface area contributed by atoms with E-state index in [9.17, 15) is 13.2 Å². The van der Waals surface area contributed by atoms with Crippen molar-refractivity contribution in [2.24, 2.45) is 5.73 Å². The van der Waals surface area contributed by atoms with Gasteiger partial charge in [0.2, 0.25) is 21.2 Å². The number of sulfonamides is 1. The third kappa shape index (κ3) is 3.72. The van der Waals surface area contributed by atoms with Gasteiger partial charge in [-0.25, -0.2) is 23.1 Å². The second-order valence-corrected chi connectivity index (χ2v) is 4.91. The molecule has 88 valence electrons. The lowest BCUT2D eigenvalue weighted by Gasteiger charge is -2.04. The normalized spacial score (nSPS) is 11.3. The summed E-state index contributed by atoms with van der Waals surface area (Å²) in [5.41, 5.74) is 4.86. The van der Waals surface area contributed by atoms with Gasteiger partial charge >= 0.3 is 0 Å². The predicted molar refractivity (Wildman–Crippen MR) is 56.0 cm³/mol. The van der Waals surface area contributed by atoms with Gasteiger partial charge in [0.25, 0.3) is 0 Å². The molecular weight excluding hydrogens is 256 g/mol. The lowest BCUT2D eigenvalue weighted by atomic mass is 10.4. The first-order valence-corrected chi connectivity index (χ1v) is 6.03. The van der Waals surface area contributed by atoms with E-state index in [1.54, 1.807) is 0 Å². The van der Waals surface area contributed by atoms with Gasteiger partial charge in [-0.1, -0.05) is 0 Å². The van der Waals surface area contributed by atoms with Crippen molar-refractivity contribution in [3.05, 3.63) is 17.7 Å². The summed E-state index contributed by atoms with van der Waals surface area (Å²) in [6, 6.07) is 0. The van der Waals surface area contributed by atoms with Crippen molar-refractivity contribution in [2.45, 2.75) is 11.3 Å². The van der Waals surface area contributed by atoms with Crippen LogP contribution < -0.4 is 10.5 Å². The molecule has 0 saturated heterocycles. The largest absolute Gasteiger partial charge is 0.370 e. The zero-order chi connectivity index (χ0) is 12.2. The number of carbonyl (C=O) groups excluding carboxylic acids is 1. The van der Waals surface area contributed by atoms with E-state index >= 15 is 0 Å². The van der Waals surface area contributed by atoms with Crippen molar-refractivity contribution < 1.29 is 13.2 Å². The van der Waals surface area contributed by atoms with Crippen molar-refractivity contribution in [3.63, 3.8) is 0 Å². The molecule has 1 rings (SSSR count). The van der Waals surface area contributed by atoms with E-state index in [4.69, 9.17) is 17.3 Å². The highest BCUT2D eigenvalue weighted by atomic mass is 35.5. The fourth-order valence-electron chi connectivity index (χ4n) is 0.831. The fraction of sp³-hybridized carbons (Fsp3) is 0.286. The van der Waals surface area contributed by atoms with Gasteiger partial charge in [0, 0.05) is 13.0 Å². The molecule has 16 heavy (non-hydrogen) atoms. The summed E-state index contributed by atoms with van der Waals surface area (Å²) in [6.07, 6.45) is 2.07. The van der Waals surface area contributed by atoms with Gasteiger partial charge in [0.15, 0.2) is 0 Å². The maximum atomic E-state index is 11.5. The highest BCUT2D eigenvalue weighted by Crippen LogP contribution is 2.07. The molecule has 0 bridgehead atoms. The van der Waals surface area contributed by atoms with Crippen LogP contribution in [0.5, 0.6) is 0 Å². The quantitative estimate of drug-likeness (QED) is 0.681. The molecular formula is C7H9ClN4O3S. The van der Waals surface area contributed by atoms with Crippen molar-refractivity contribution in [2.75, 3.05) is 6.54 Å². The molecule has 0 atom stereocenters. The van der Waals surface area contributed by atoms with Gasteiger partial charge in [0.05, 0.1) is 12.4 Å². The van der Waals surface area contributed by atoms with E-state index in [0.29, 0.717) is 0 Å². The van der Waals surface area contributed by atoms with E-state index in [0.717, 1.165) is 12.4 Å². The van der Waals surface area contributed by atoms with Crippen LogP contribution in [0.3, 0.4) is 0 Å². The average molecular weight is 265 g/mol. The minimum atomic E-state index is -3.71. The van der Waals surface area contributed by atoms with Gasteiger partial charge in [-0.2, -0.15) is 0 Å². The third-order valence-electron chi connectivity index (χ3n) is 1.57. The molecule has 7 nitrogen and oxygen atoms in total. The third-order valence-corrected chi connectivity index (χ3v) is 3.18. The number of hydrogen-bond acceptors (Lipinski definition) is 5. The minimum Gasteiger partial charge on any atom is -0.370 e. The summed E-state index contributed by atoms with van der Waals surface area (Å²) in [7, 11) is -3.71. The lowest BCUT2D eigenvalue weighted by Crippen LogP contribution is -2.28. The van der Waals surface area contributed by atoms with Crippen LogP contribution in [-0.4, -0.2) is 30.8 Å². The van der Waals surface area contributed by atoms with Crippen LogP contribution in [0.1, 0.15) is 6.42 Å². The molecule has 1 heterocycles. The second-order valence-electron chi connectivity index (χ2n) is 2.80. The Hall–Kier alpha value is -1.25. The molecule has 1 amide bonds. The Morgan fingerprint density at radius 3 is 2.50 bits per heavy atom. The molecule has 0 saturated carbocycles. The van der Waals surface area contributed by atoms with E-state index in [-0.39, 0.29) is 23.1 Å². The molecule has 1 aromatic rings. The molecule has 0 aliphatic heterocycles. The van der Waals surface area contributed by atoms with Crippen LogP contribution >= 0.6 is 11.6 Å². The van der Waals surface area contributed by atoms with Gasteiger partial charge in [-0.15, -0.1) is 0 Å². The SMILES string of the molecule is NC(=O)CCNS(=O)(=O)c1cnc(Cl)nc1. The van der Waals surface area contributed by atoms with Crippen LogP contribution in [0.15, 0.2) is 17.3 Å². The van der Waals surface area contributed by atoms with E-state index < -0.39 is 15.9 Å². The monoisotopic (exact) mass is 264 g/mol. The maximum absolute atomic E-state index is 11.5. The Morgan fingerprint density at radius 2 is 2.00 bits per heavy atom. The number of halogens is 1. The number of nitrogens with zero attached hydrogens (tertiary/aromatic N) is 2. The van der Waals surface area contributed by atoms with E-state index in [1.165, 1.54) is 0 Å². The van der Waals surface area contributed by atoms with Crippen LogP contribution in [-0.2, 0) is 14.8 Å². The Bertz CT molecular complexity index is 473. The molecule has 3 N–H and O–H groups in total. The van der Waals surface area contributed by atoms with E-state index in [1.807, 2.05) is 0 Å². The number of amides is 1. The average Bonchev–Trinajstić information content (AvgIpc) is 2.17. The standard InChI is InChI=1S/C7H9ClN4O3S/c8-7-10-3-5(4-11-7)16(14,15)12-2-1-6(9)13/h3-4,12H,1-2H2,(H2,9,13). The predicted octanol–water partition coefficient (Wildman–Crippen LogP) is -0.716. The summed E-state index contributed by atoms with van der Waals surface area (Å²) in [6.45, 7) is -0.0692. The van der Waals surface area contributed by atoms with Gasteiger partial charge in [0.1, 0.15) is 4.90 Å². The molecule has 0 aliphatic rings. The lowest BCUT2D eigenvalue weighted by molar-refractivity contribution is -0.117. The summed E-state index contributed by atoms with van der Waals surface area (Å²) in [5.74, 6) is -0.588. The zero-order valence-corrected chi connectivity index (χ0v) is 9.62. The Kier molecular flexibility index (Phi) is 4.16. The fourth-order valence-corrected chi connectivity index (χ4v) is 1.85. The zero-order valence-electron chi connectivity index (χ0n) is 8.05. The van der Waals surface area contributed by atoms with E-state index in [2.05, 4.69) is 14.7 Å². The number of aromatic nitrogens is 2. The Balaban J connectivity index is 2.71. The minimum absolute atomic E-state index is 0.0453. The molecule has 0 unspecified atom stereocenters. The van der Waals surface area contributed by atoms with Crippen molar-refractivity contribution in [1.82, 2.24) is 14.7 Å². The molecule has 0 radical (unpaired) electrons. The van der Waals surface area contributed by atoms with Gasteiger partial charge in [-0.3, -0.25) is 4.79 Å². The van der Waals surface area contributed by atoms with Gasteiger partial charge < -0.3 is 5.73 Å². The number of nitrogens with one attached hydrogen (secondary N) is 1. The number of carbonyl (C=O) groups is 1. The number of hydrogen-bond donors (Lipinski definition) is 2. The van der Waals surface area contributed by atoms with Crippen molar-refractivity contribution >= 4 is 27.5 Å². The molecule has 9 heteroatoms. The Labute approximate surface area is 97.1 Å². The highest BCUT2D eigenvalue weighted by molar-refractivity contribution is 7.89. The molecule has 0 aromatic carbocycles. The van der Waals surface area contributed by atoms with Crippen molar-refractivity contribution in [3.8, 4) is 0 Å². The molecule has 1 aromatic heterocycles. The van der Waals surface area contributed by atoms with Crippen LogP contribution in [0.25, 0.3) is 0 Å². The van der Waals surface area contributed by atoms with Crippen LogP contribution in [0.4, 0.5) is 0 Å². The Morgan fingerprint density at radius 1 is 1.44 bits per heavy atom. The maximum Gasteiger partial charge on any atom is 0.243 e. The molecule has 0 aliphatic carbocycles. The van der Waals surface area contributed by atoms with Gasteiger partial charge in [-0.05, 0) is 11.6 Å². The second kappa shape index (κ2) is 5.19. The summed E-state index contributed by atoms with van der Waals surface area (Å²) in [5, 5.41) is -0.0453. The topological polar surface area (TPSA) is 115 Å². The van der Waals surface area contributed by atoms with Crippen molar-refractivity contribution in [1.29, 1.82) is 0 Å². The molecule has 0 spiro atoms.